The lowest BCUT2D eigenvalue weighted by Gasteiger charge is -2.24. The summed E-state index contributed by atoms with van der Waals surface area (Å²) in [4.78, 5) is 0. The van der Waals surface area contributed by atoms with Crippen molar-refractivity contribution in [2.24, 2.45) is 0 Å². The quantitative estimate of drug-likeness (QED) is 0.576. The second-order valence-electron chi connectivity index (χ2n) is 2.40. The van der Waals surface area contributed by atoms with Crippen molar-refractivity contribution in [2.75, 3.05) is 0 Å². The molecule has 0 N–H and O–H groups in total. The standard InChI is InChI=1S/C9H12O2/c1-3-5-9(6-4-2)10-7-8-11-9/h3-4,7-8H,1-2,5-6H2. The van der Waals surface area contributed by atoms with Crippen LogP contribution in [0.3, 0.4) is 0 Å². The van der Waals surface area contributed by atoms with Crippen LogP contribution >= 0.6 is 0 Å². The third-order valence-electron chi connectivity index (χ3n) is 1.53. The van der Waals surface area contributed by atoms with E-state index in [0.29, 0.717) is 12.8 Å². The largest absolute Gasteiger partial charge is 0.456 e. The summed E-state index contributed by atoms with van der Waals surface area (Å²) in [5.74, 6) is -0.552. The maximum Gasteiger partial charge on any atom is 0.256 e. The summed E-state index contributed by atoms with van der Waals surface area (Å²) >= 11 is 0. The summed E-state index contributed by atoms with van der Waals surface area (Å²) < 4.78 is 10.6. The van der Waals surface area contributed by atoms with Gasteiger partial charge in [-0.15, -0.1) is 13.2 Å². The lowest BCUT2D eigenvalue weighted by molar-refractivity contribution is -0.135. The molecule has 0 aliphatic carbocycles. The minimum absolute atomic E-state index is 0.552. The average Bonchev–Trinajstić information content (AvgIpc) is 2.39. The van der Waals surface area contributed by atoms with E-state index in [1.807, 2.05) is 0 Å². The van der Waals surface area contributed by atoms with Gasteiger partial charge in [0, 0.05) is 12.8 Å². The molecule has 1 aliphatic rings. The van der Waals surface area contributed by atoms with Crippen LogP contribution in [0.2, 0.25) is 0 Å². The van der Waals surface area contributed by atoms with Crippen molar-refractivity contribution in [3.05, 3.63) is 37.8 Å². The Labute approximate surface area is 66.8 Å². The molecule has 0 aromatic carbocycles. The topological polar surface area (TPSA) is 18.5 Å². The van der Waals surface area contributed by atoms with Gasteiger partial charge in [0.15, 0.2) is 0 Å². The molecular formula is C9H12O2. The van der Waals surface area contributed by atoms with Crippen LogP contribution in [0.4, 0.5) is 0 Å². The van der Waals surface area contributed by atoms with Gasteiger partial charge in [0.05, 0.1) is 0 Å². The first-order valence-corrected chi connectivity index (χ1v) is 3.55. The fourth-order valence-electron chi connectivity index (χ4n) is 1.05. The Morgan fingerprint density at radius 3 is 1.91 bits per heavy atom. The highest BCUT2D eigenvalue weighted by atomic mass is 16.7. The van der Waals surface area contributed by atoms with E-state index in [9.17, 15) is 0 Å². The van der Waals surface area contributed by atoms with Gasteiger partial charge >= 0.3 is 0 Å². The average molecular weight is 152 g/mol. The lowest BCUT2D eigenvalue weighted by atomic mass is 10.1. The van der Waals surface area contributed by atoms with Crippen molar-refractivity contribution in [3.8, 4) is 0 Å². The first kappa shape index (κ1) is 7.92. The van der Waals surface area contributed by atoms with Crippen molar-refractivity contribution in [2.45, 2.75) is 18.6 Å². The molecule has 0 saturated heterocycles. The van der Waals surface area contributed by atoms with Crippen molar-refractivity contribution in [1.29, 1.82) is 0 Å². The van der Waals surface area contributed by atoms with Gasteiger partial charge in [-0.25, -0.2) is 0 Å². The van der Waals surface area contributed by atoms with Crippen LogP contribution < -0.4 is 0 Å². The number of hydrogen-bond acceptors (Lipinski definition) is 2. The summed E-state index contributed by atoms with van der Waals surface area (Å²) in [5, 5.41) is 0. The minimum Gasteiger partial charge on any atom is -0.456 e. The third-order valence-corrected chi connectivity index (χ3v) is 1.53. The molecule has 2 heteroatoms. The van der Waals surface area contributed by atoms with Crippen molar-refractivity contribution in [1.82, 2.24) is 0 Å². The maximum atomic E-state index is 5.28. The molecule has 0 aromatic heterocycles. The Balaban J connectivity index is 2.55. The third kappa shape index (κ3) is 1.64. The van der Waals surface area contributed by atoms with Crippen LogP contribution in [-0.2, 0) is 9.47 Å². The van der Waals surface area contributed by atoms with Crippen LogP contribution in [0.25, 0.3) is 0 Å². The van der Waals surface area contributed by atoms with E-state index in [1.165, 1.54) is 0 Å². The second kappa shape index (κ2) is 3.28. The Kier molecular flexibility index (Phi) is 2.36. The molecule has 1 heterocycles. The van der Waals surface area contributed by atoms with Crippen molar-refractivity contribution >= 4 is 0 Å². The van der Waals surface area contributed by atoms with Gasteiger partial charge in [-0.3, -0.25) is 0 Å². The van der Waals surface area contributed by atoms with Gasteiger partial charge in [0.2, 0.25) is 0 Å². The highest BCUT2D eigenvalue weighted by Crippen LogP contribution is 2.28. The smallest absolute Gasteiger partial charge is 0.256 e. The van der Waals surface area contributed by atoms with Gasteiger partial charge in [0.1, 0.15) is 12.5 Å². The minimum atomic E-state index is -0.552. The van der Waals surface area contributed by atoms with E-state index in [-0.39, 0.29) is 0 Å². The summed E-state index contributed by atoms with van der Waals surface area (Å²) in [6.07, 6.45) is 7.99. The molecule has 60 valence electrons. The van der Waals surface area contributed by atoms with Crippen LogP contribution in [0.15, 0.2) is 37.8 Å². The van der Waals surface area contributed by atoms with Gasteiger partial charge < -0.3 is 9.47 Å². The second-order valence-corrected chi connectivity index (χ2v) is 2.40. The molecule has 0 spiro atoms. The summed E-state index contributed by atoms with van der Waals surface area (Å²) in [6, 6.07) is 0. The van der Waals surface area contributed by atoms with Crippen LogP contribution in [0, 0.1) is 0 Å². The van der Waals surface area contributed by atoms with Crippen LogP contribution in [0.5, 0.6) is 0 Å². The van der Waals surface area contributed by atoms with E-state index in [0.717, 1.165) is 0 Å². The summed E-state index contributed by atoms with van der Waals surface area (Å²) in [7, 11) is 0. The highest BCUT2D eigenvalue weighted by Gasteiger charge is 2.32. The van der Waals surface area contributed by atoms with Crippen molar-refractivity contribution < 1.29 is 9.47 Å². The molecule has 0 radical (unpaired) electrons. The number of hydrogen-bond donors (Lipinski definition) is 0. The Hall–Kier alpha value is -1.18. The first-order chi connectivity index (χ1) is 5.33. The number of rotatable bonds is 4. The molecule has 0 saturated carbocycles. The van der Waals surface area contributed by atoms with E-state index in [4.69, 9.17) is 9.47 Å². The predicted molar refractivity (Wildman–Crippen MR) is 43.7 cm³/mol. The molecule has 0 bridgehead atoms. The Morgan fingerprint density at radius 2 is 1.55 bits per heavy atom. The molecule has 0 amide bonds. The number of ether oxygens (including phenoxy) is 2. The Bertz CT molecular complexity index is 162. The highest BCUT2D eigenvalue weighted by molar-refractivity contribution is 4.93. The normalized spacial score (nSPS) is 18.5. The molecule has 1 rings (SSSR count). The Morgan fingerprint density at radius 1 is 1.09 bits per heavy atom. The van der Waals surface area contributed by atoms with E-state index >= 15 is 0 Å². The zero-order valence-corrected chi connectivity index (χ0v) is 6.45. The van der Waals surface area contributed by atoms with Crippen LogP contribution in [0.1, 0.15) is 12.8 Å². The summed E-state index contributed by atoms with van der Waals surface area (Å²) in [6.45, 7) is 7.26. The zero-order valence-electron chi connectivity index (χ0n) is 6.45. The molecule has 1 aliphatic heterocycles. The molecule has 2 nitrogen and oxygen atoms in total. The lowest BCUT2D eigenvalue weighted by Crippen LogP contribution is -2.28. The molecule has 0 aromatic rings. The molecule has 0 fully saturated rings. The zero-order chi connectivity index (χ0) is 8.16. The molecule has 0 atom stereocenters. The predicted octanol–water partition coefficient (Wildman–Crippen LogP) is 2.35. The summed E-state index contributed by atoms with van der Waals surface area (Å²) in [5.41, 5.74) is 0. The van der Waals surface area contributed by atoms with E-state index in [1.54, 1.807) is 24.7 Å². The van der Waals surface area contributed by atoms with Crippen LogP contribution in [-0.4, -0.2) is 5.79 Å². The first-order valence-electron chi connectivity index (χ1n) is 3.55. The fourth-order valence-corrected chi connectivity index (χ4v) is 1.05. The maximum absolute atomic E-state index is 5.28. The molecule has 11 heavy (non-hydrogen) atoms. The van der Waals surface area contributed by atoms with E-state index in [2.05, 4.69) is 13.2 Å². The molecule has 0 unspecified atom stereocenters. The fraction of sp³-hybridized carbons (Fsp3) is 0.333. The SMILES string of the molecule is C=CCC1(CC=C)OC=CO1. The van der Waals surface area contributed by atoms with Gasteiger partial charge in [-0.1, -0.05) is 12.2 Å². The van der Waals surface area contributed by atoms with Gasteiger partial charge in [-0.2, -0.15) is 0 Å². The monoisotopic (exact) mass is 152 g/mol. The van der Waals surface area contributed by atoms with E-state index < -0.39 is 5.79 Å². The van der Waals surface area contributed by atoms with Gasteiger partial charge in [0.25, 0.3) is 5.79 Å². The van der Waals surface area contributed by atoms with Gasteiger partial charge in [-0.05, 0) is 0 Å². The van der Waals surface area contributed by atoms with Crippen molar-refractivity contribution in [3.63, 3.8) is 0 Å². The molecular weight excluding hydrogens is 140 g/mol.